The zero-order valence-corrected chi connectivity index (χ0v) is 18.4. The number of nitrogens with one attached hydrogen (secondary N) is 2. The number of aromatic nitrogens is 2. The second-order valence-electron chi connectivity index (χ2n) is 8.57. The molecule has 4 heterocycles. The van der Waals surface area contributed by atoms with Crippen molar-refractivity contribution < 1.29 is 14.3 Å². The van der Waals surface area contributed by atoms with E-state index in [2.05, 4.69) is 30.4 Å². The van der Waals surface area contributed by atoms with Crippen LogP contribution in [0.1, 0.15) is 42.2 Å². The summed E-state index contributed by atoms with van der Waals surface area (Å²) in [6.45, 7) is 5.55. The predicted octanol–water partition coefficient (Wildman–Crippen LogP) is 1.76. The molecule has 3 aliphatic rings. The minimum Gasteiger partial charge on any atom is -0.463 e. The Kier molecular flexibility index (Phi) is 5.21. The summed E-state index contributed by atoms with van der Waals surface area (Å²) >= 11 is 0. The Morgan fingerprint density at radius 3 is 2.62 bits per heavy atom. The van der Waals surface area contributed by atoms with E-state index in [9.17, 15) is 9.59 Å². The smallest absolute Gasteiger partial charge is 0.269 e. The Bertz CT molecular complexity index is 1030. The van der Waals surface area contributed by atoms with Crippen LogP contribution in [0.2, 0.25) is 0 Å². The summed E-state index contributed by atoms with van der Waals surface area (Å²) in [7, 11) is 1.60. The fraction of sp³-hybridized carbons (Fsp3) is 0.478. The number of pyridine rings is 2. The Morgan fingerprint density at radius 1 is 1.22 bits per heavy atom. The van der Waals surface area contributed by atoms with E-state index in [1.165, 1.54) is 0 Å². The van der Waals surface area contributed by atoms with Crippen molar-refractivity contribution in [3.05, 3.63) is 41.9 Å². The van der Waals surface area contributed by atoms with Crippen LogP contribution >= 0.6 is 0 Å². The molecule has 1 atom stereocenters. The lowest BCUT2D eigenvalue weighted by Crippen LogP contribution is -2.50. The number of hydrogen-bond acceptors (Lipinski definition) is 7. The molecule has 2 N–H and O–H groups in total. The molecule has 2 aromatic rings. The van der Waals surface area contributed by atoms with E-state index in [4.69, 9.17) is 4.74 Å². The standard InChI is InChI=1S/C23H28N6O3/c1-3-19-21(31)27-18-12-15(13-26-22(18)32-19)23(6-7-23)29-10-8-28(9-11-29)16-4-5-17(25-14-16)20(30)24-2/h4-5,12-14,19H,3,6-11H2,1-2H3,(H,24,30)(H,27,31). The molecule has 2 aliphatic heterocycles. The van der Waals surface area contributed by atoms with Crippen LogP contribution in [0.5, 0.6) is 5.88 Å². The molecule has 5 rings (SSSR count). The molecule has 2 aromatic heterocycles. The first-order valence-corrected chi connectivity index (χ1v) is 11.2. The largest absolute Gasteiger partial charge is 0.463 e. The lowest BCUT2D eigenvalue weighted by Gasteiger charge is -2.41. The number of carbonyl (C=O) groups is 2. The second-order valence-corrected chi connectivity index (χ2v) is 8.57. The molecule has 2 fully saturated rings. The summed E-state index contributed by atoms with van der Waals surface area (Å²) in [6.07, 6.45) is 6.00. The lowest BCUT2D eigenvalue weighted by atomic mass is 10.0. The van der Waals surface area contributed by atoms with Crippen molar-refractivity contribution in [2.75, 3.05) is 43.4 Å². The summed E-state index contributed by atoms with van der Waals surface area (Å²) in [5.74, 6) is 0.226. The fourth-order valence-corrected chi connectivity index (χ4v) is 4.69. The highest BCUT2D eigenvalue weighted by molar-refractivity contribution is 5.97. The molecular formula is C23H28N6O3. The van der Waals surface area contributed by atoms with Gasteiger partial charge >= 0.3 is 0 Å². The number of nitrogens with zero attached hydrogens (tertiary/aromatic N) is 4. The monoisotopic (exact) mass is 436 g/mol. The highest BCUT2D eigenvalue weighted by Crippen LogP contribution is 2.52. The maximum absolute atomic E-state index is 12.2. The molecule has 0 aromatic carbocycles. The van der Waals surface area contributed by atoms with Crippen LogP contribution in [0, 0.1) is 0 Å². The van der Waals surface area contributed by atoms with Gasteiger partial charge in [-0.2, -0.15) is 0 Å². The summed E-state index contributed by atoms with van der Waals surface area (Å²) in [4.78, 5) is 37.6. The van der Waals surface area contributed by atoms with Crippen LogP contribution in [0.3, 0.4) is 0 Å². The van der Waals surface area contributed by atoms with E-state index in [1.54, 1.807) is 19.3 Å². The zero-order chi connectivity index (χ0) is 22.3. The highest BCUT2D eigenvalue weighted by atomic mass is 16.5. The van der Waals surface area contributed by atoms with Gasteiger partial charge in [-0.1, -0.05) is 6.92 Å². The summed E-state index contributed by atoms with van der Waals surface area (Å²) in [6, 6.07) is 5.76. The molecule has 32 heavy (non-hydrogen) atoms. The van der Waals surface area contributed by atoms with E-state index >= 15 is 0 Å². The van der Waals surface area contributed by atoms with Gasteiger partial charge in [-0.3, -0.25) is 14.5 Å². The molecule has 9 nitrogen and oxygen atoms in total. The molecule has 1 saturated carbocycles. The van der Waals surface area contributed by atoms with Gasteiger partial charge in [-0.05, 0) is 43.0 Å². The number of carbonyl (C=O) groups excluding carboxylic acids is 2. The van der Waals surface area contributed by atoms with Gasteiger partial charge in [0, 0.05) is 45.0 Å². The molecule has 0 spiro atoms. The lowest BCUT2D eigenvalue weighted by molar-refractivity contribution is -0.123. The number of piperazine rings is 1. The van der Waals surface area contributed by atoms with Gasteiger partial charge in [-0.25, -0.2) is 9.97 Å². The van der Waals surface area contributed by atoms with Crippen molar-refractivity contribution in [1.29, 1.82) is 0 Å². The van der Waals surface area contributed by atoms with Crippen molar-refractivity contribution in [2.45, 2.75) is 37.8 Å². The number of fused-ring (bicyclic) bond motifs is 1. The van der Waals surface area contributed by atoms with E-state index in [1.807, 2.05) is 25.3 Å². The summed E-state index contributed by atoms with van der Waals surface area (Å²) in [5.41, 5.74) is 3.25. The number of anilines is 2. The van der Waals surface area contributed by atoms with Crippen LogP contribution < -0.4 is 20.3 Å². The van der Waals surface area contributed by atoms with Gasteiger partial charge in [-0.15, -0.1) is 0 Å². The van der Waals surface area contributed by atoms with Gasteiger partial charge in [0.15, 0.2) is 6.10 Å². The Hall–Kier alpha value is -3.20. The minimum atomic E-state index is -0.469. The van der Waals surface area contributed by atoms with E-state index < -0.39 is 6.10 Å². The van der Waals surface area contributed by atoms with Gasteiger partial charge in [0.05, 0.1) is 11.9 Å². The summed E-state index contributed by atoms with van der Waals surface area (Å²) in [5, 5.41) is 5.55. The molecule has 2 amide bonds. The molecular weight excluding hydrogens is 408 g/mol. The van der Waals surface area contributed by atoms with Crippen molar-refractivity contribution in [3.63, 3.8) is 0 Å². The van der Waals surface area contributed by atoms with Gasteiger partial charge in [0.1, 0.15) is 11.4 Å². The van der Waals surface area contributed by atoms with Crippen LogP contribution in [-0.2, 0) is 10.3 Å². The molecule has 168 valence electrons. The van der Waals surface area contributed by atoms with Gasteiger partial charge in [0.2, 0.25) is 5.88 Å². The van der Waals surface area contributed by atoms with Crippen molar-refractivity contribution in [2.24, 2.45) is 0 Å². The average Bonchev–Trinajstić information content (AvgIpc) is 3.65. The van der Waals surface area contributed by atoms with E-state index in [0.717, 1.165) is 50.3 Å². The van der Waals surface area contributed by atoms with Gasteiger partial charge in [0.25, 0.3) is 11.8 Å². The predicted molar refractivity (Wildman–Crippen MR) is 120 cm³/mol. The molecule has 0 bridgehead atoms. The molecule has 1 aliphatic carbocycles. The quantitative estimate of drug-likeness (QED) is 0.737. The third-order valence-corrected chi connectivity index (χ3v) is 6.74. The number of amides is 2. The topological polar surface area (TPSA) is 99.7 Å². The average molecular weight is 437 g/mol. The molecule has 9 heteroatoms. The van der Waals surface area contributed by atoms with Crippen molar-refractivity contribution in [1.82, 2.24) is 20.2 Å². The van der Waals surface area contributed by atoms with Crippen molar-refractivity contribution in [3.8, 4) is 5.88 Å². The zero-order valence-electron chi connectivity index (χ0n) is 18.4. The first-order valence-electron chi connectivity index (χ1n) is 11.2. The van der Waals surface area contributed by atoms with Crippen LogP contribution in [0.4, 0.5) is 11.4 Å². The van der Waals surface area contributed by atoms with E-state index in [-0.39, 0.29) is 17.4 Å². The minimum absolute atomic E-state index is 0.0121. The molecule has 1 unspecified atom stereocenters. The Labute approximate surface area is 187 Å². The first kappa shape index (κ1) is 20.7. The maximum atomic E-state index is 12.2. The fourth-order valence-electron chi connectivity index (χ4n) is 4.69. The van der Waals surface area contributed by atoms with Gasteiger partial charge < -0.3 is 20.3 Å². The number of rotatable bonds is 5. The third kappa shape index (κ3) is 3.56. The molecule has 0 radical (unpaired) electrons. The summed E-state index contributed by atoms with van der Waals surface area (Å²) < 4.78 is 5.75. The van der Waals surface area contributed by atoms with Crippen LogP contribution in [-0.4, -0.2) is 66.0 Å². The maximum Gasteiger partial charge on any atom is 0.269 e. The Morgan fingerprint density at radius 2 is 2.00 bits per heavy atom. The normalized spacial score (nSPS) is 21.9. The number of ether oxygens (including phenoxy) is 1. The SMILES string of the molecule is CCC1Oc2ncc(C3(N4CCN(c5ccc(C(=O)NC)nc5)CC4)CC3)cc2NC1=O. The second kappa shape index (κ2) is 8.05. The van der Waals surface area contributed by atoms with E-state index in [0.29, 0.717) is 23.7 Å². The third-order valence-electron chi connectivity index (χ3n) is 6.74. The van der Waals surface area contributed by atoms with Crippen molar-refractivity contribution >= 4 is 23.2 Å². The Balaban J connectivity index is 1.27. The highest BCUT2D eigenvalue weighted by Gasteiger charge is 2.50. The first-order chi connectivity index (χ1) is 15.5. The number of hydrogen-bond donors (Lipinski definition) is 2. The van der Waals surface area contributed by atoms with Crippen LogP contribution in [0.25, 0.3) is 0 Å². The van der Waals surface area contributed by atoms with Crippen LogP contribution in [0.15, 0.2) is 30.6 Å². The molecule has 1 saturated heterocycles.